The zero-order valence-corrected chi connectivity index (χ0v) is 12.4. The Morgan fingerprint density at radius 2 is 1.52 bits per heavy atom. The molecule has 0 amide bonds. The maximum Gasteiger partial charge on any atom is 0.435 e. The van der Waals surface area contributed by atoms with E-state index in [4.69, 9.17) is 0 Å². The topological polar surface area (TPSA) is 17.8 Å². The summed E-state index contributed by atoms with van der Waals surface area (Å²) in [4.78, 5) is 0.681. The lowest BCUT2D eigenvalue weighted by Gasteiger charge is -2.08. The number of halogens is 4. The molecular formula is C16H10F4N2S. The van der Waals surface area contributed by atoms with Gasteiger partial charge in [-0.05, 0) is 54.6 Å². The second-order valence-electron chi connectivity index (χ2n) is 4.85. The second kappa shape index (κ2) is 5.73. The molecule has 7 heteroatoms. The Labute approximate surface area is 134 Å². The Morgan fingerprint density at radius 1 is 0.913 bits per heavy atom. The number of aromatic nitrogens is 2. The van der Waals surface area contributed by atoms with Crippen molar-refractivity contribution < 1.29 is 17.6 Å². The van der Waals surface area contributed by atoms with E-state index in [0.717, 1.165) is 6.07 Å². The van der Waals surface area contributed by atoms with Crippen LogP contribution in [0.5, 0.6) is 0 Å². The maximum atomic E-state index is 13.1. The number of benzene rings is 2. The lowest BCUT2D eigenvalue weighted by Crippen LogP contribution is -2.07. The van der Waals surface area contributed by atoms with E-state index in [-0.39, 0.29) is 5.69 Å². The third kappa shape index (κ3) is 3.24. The third-order valence-corrected chi connectivity index (χ3v) is 3.53. The van der Waals surface area contributed by atoms with Crippen molar-refractivity contribution in [2.24, 2.45) is 0 Å². The predicted molar refractivity (Wildman–Crippen MR) is 81.2 cm³/mol. The molecule has 0 aliphatic heterocycles. The lowest BCUT2D eigenvalue weighted by molar-refractivity contribution is -0.141. The zero-order chi connectivity index (χ0) is 16.6. The number of nitrogens with zero attached hydrogens (tertiary/aromatic N) is 2. The quantitative estimate of drug-likeness (QED) is 0.515. The van der Waals surface area contributed by atoms with Gasteiger partial charge in [-0.15, -0.1) is 12.6 Å². The molecule has 2 aromatic carbocycles. The van der Waals surface area contributed by atoms with Crippen molar-refractivity contribution in [1.82, 2.24) is 9.78 Å². The molecule has 0 bridgehead atoms. The van der Waals surface area contributed by atoms with E-state index in [0.29, 0.717) is 16.1 Å². The summed E-state index contributed by atoms with van der Waals surface area (Å²) in [6.07, 6.45) is -4.57. The van der Waals surface area contributed by atoms with Gasteiger partial charge >= 0.3 is 6.18 Å². The molecule has 0 atom stereocenters. The summed E-state index contributed by atoms with van der Waals surface area (Å²) in [7, 11) is 0. The number of hydrogen-bond acceptors (Lipinski definition) is 2. The fourth-order valence-electron chi connectivity index (χ4n) is 2.14. The lowest BCUT2D eigenvalue weighted by atomic mass is 10.1. The van der Waals surface area contributed by atoms with Crippen molar-refractivity contribution in [1.29, 1.82) is 0 Å². The van der Waals surface area contributed by atoms with Gasteiger partial charge in [0, 0.05) is 10.5 Å². The molecule has 0 aliphatic rings. The summed E-state index contributed by atoms with van der Waals surface area (Å²) in [5.41, 5.74) is 0.109. The van der Waals surface area contributed by atoms with Crippen LogP contribution >= 0.6 is 12.6 Å². The molecule has 0 aliphatic carbocycles. The molecule has 0 spiro atoms. The first-order valence-electron chi connectivity index (χ1n) is 6.57. The van der Waals surface area contributed by atoms with E-state index in [9.17, 15) is 17.6 Å². The highest BCUT2D eigenvalue weighted by atomic mass is 32.1. The van der Waals surface area contributed by atoms with Gasteiger partial charge in [0.2, 0.25) is 0 Å². The summed E-state index contributed by atoms with van der Waals surface area (Å²) in [5, 5.41) is 3.65. The van der Waals surface area contributed by atoms with Crippen molar-refractivity contribution in [3.05, 3.63) is 66.1 Å². The minimum Gasteiger partial charge on any atom is -0.233 e. The standard InChI is InChI=1S/C16H10F4N2S/c17-11-3-1-10(2-4-11)14-9-15(16(18,19)20)21-22(14)12-5-7-13(23)8-6-12/h1-9,23H. The van der Waals surface area contributed by atoms with Crippen molar-refractivity contribution in [2.75, 3.05) is 0 Å². The average Bonchev–Trinajstić information content (AvgIpc) is 2.94. The van der Waals surface area contributed by atoms with Gasteiger partial charge in [0.25, 0.3) is 0 Å². The van der Waals surface area contributed by atoms with Crippen LogP contribution in [-0.2, 0) is 6.18 Å². The van der Waals surface area contributed by atoms with Gasteiger partial charge in [-0.2, -0.15) is 18.3 Å². The Balaban J connectivity index is 2.18. The Kier molecular flexibility index (Phi) is 3.89. The van der Waals surface area contributed by atoms with Gasteiger partial charge in [0.05, 0.1) is 11.4 Å². The first-order valence-corrected chi connectivity index (χ1v) is 7.02. The van der Waals surface area contributed by atoms with Gasteiger partial charge in [-0.3, -0.25) is 0 Å². The van der Waals surface area contributed by atoms with Crippen LogP contribution in [0.4, 0.5) is 17.6 Å². The summed E-state index contributed by atoms with van der Waals surface area (Å²) < 4.78 is 53.2. The molecule has 1 aromatic heterocycles. The van der Waals surface area contributed by atoms with Crippen molar-refractivity contribution in [3.8, 4) is 16.9 Å². The molecule has 0 saturated carbocycles. The van der Waals surface area contributed by atoms with E-state index in [1.165, 1.54) is 28.9 Å². The van der Waals surface area contributed by atoms with Crippen molar-refractivity contribution in [2.45, 2.75) is 11.1 Å². The summed E-state index contributed by atoms with van der Waals surface area (Å²) in [5.74, 6) is -0.463. The van der Waals surface area contributed by atoms with Crippen LogP contribution in [0.15, 0.2) is 59.5 Å². The average molecular weight is 338 g/mol. The van der Waals surface area contributed by atoms with E-state index < -0.39 is 17.7 Å². The normalized spacial score (nSPS) is 11.7. The highest BCUT2D eigenvalue weighted by Gasteiger charge is 2.35. The number of rotatable bonds is 2. The molecule has 0 radical (unpaired) electrons. The van der Waals surface area contributed by atoms with Crippen molar-refractivity contribution >= 4 is 12.6 Å². The number of hydrogen-bond donors (Lipinski definition) is 1. The highest BCUT2D eigenvalue weighted by molar-refractivity contribution is 7.80. The molecule has 0 unspecified atom stereocenters. The van der Waals surface area contributed by atoms with Gasteiger partial charge in [-0.25, -0.2) is 9.07 Å². The molecule has 3 aromatic rings. The van der Waals surface area contributed by atoms with Gasteiger partial charge in [-0.1, -0.05) is 0 Å². The number of alkyl halides is 3. The predicted octanol–water partition coefficient (Wildman–Crippen LogP) is 4.99. The van der Waals surface area contributed by atoms with Crippen LogP contribution in [0, 0.1) is 5.82 Å². The van der Waals surface area contributed by atoms with Crippen LogP contribution in [0.1, 0.15) is 5.69 Å². The smallest absolute Gasteiger partial charge is 0.233 e. The first-order chi connectivity index (χ1) is 10.8. The summed E-state index contributed by atoms with van der Waals surface area (Å²) in [6, 6.07) is 12.7. The first kappa shape index (κ1) is 15.6. The minimum absolute atomic E-state index is 0.226. The largest absolute Gasteiger partial charge is 0.435 e. The van der Waals surface area contributed by atoms with Crippen LogP contribution in [-0.4, -0.2) is 9.78 Å². The van der Waals surface area contributed by atoms with Gasteiger partial charge < -0.3 is 0 Å². The van der Waals surface area contributed by atoms with Crippen LogP contribution in [0.25, 0.3) is 16.9 Å². The van der Waals surface area contributed by atoms with E-state index in [1.54, 1.807) is 24.3 Å². The zero-order valence-electron chi connectivity index (χ0n) is 11.5. The SMILES string of the molecule is Fc1ccc(-c2cc(C(F)(F)F)nn2-c2ccc(S)cc2)cc1. The maximum absolute atomic E-state index is 13.1. The third-order valence-electron chi connectivity index (χ3n) is 3.23. The highest BCUT2D eigenvalue weighted by Crippen LogP contribution is 2.33. The van der Waals surface area contributed by atoms with E-state index >= 15 is 0 Å². The summed E-state index contributed by atoms with van der Waals surface area (Å²) >= 11 is 4.15. The van der Waals surface area contributed by atoms with Crippen LogP contribution in [0.3, 0.4) is 0 Å². The molecule has 0 fully saturated rings. The molecule has 3 rings (SSSR count). The van der Waals surface area contributed by atoms with Crippen LogP contribution in [0.2, 0.25) is 0 Å². The van der Waals surface area contributed by atoms with E-state index in [2.05, 4.69) is 17.7 Å². The molecular weight excluding hydrogens is 328 g/mol. The molecule has 0 N–H and O–H groups in total. The Bertz CT molecular complexity index is 758. The van der Waals surface area contributed by atoms with E-state index in [1.807, 2.05) is 0 Å². The monoisotopic (exact) mass is 338 g/mol. The minimum atomic E-state index is -4.57. The van der Waals surface area contributed by atoms with Gasteiger partial charge in [0.15, 0.2) is 5.69 Å². The molecule has 118 valence electrons. The molecule has 2 nitrogen and oxygen atoms in total. The van der Waals surface area contributed by atoms with Gasteiger partial charge in [0.1, 0.15) is 5.82 Å². The Hall–Kier alpha value is -2.28. The van der Waals surface area contributed by atoms with Crippen molar-refractivity contribution in [3.63, 3.8) is 0 Å². The molecule has 0 saturated heterocycles. The fraction of sp³-hybridized carbons (Fsp3) is 0.0625. The fourth-order valence-corrected chi connectivity index (χ4v) is 2.29. The molecule has 23 heavy (non-hydrogen) atoms. The Morgan fingerprint density at radius 3 is 2.09 bits per heavy atom. The molecule has 1 heterocycles. The number of thiol groups is 1. The second-order valence-corrected chi connectivity index (χ2v) is 5.36. The van der Waals surface area contributed by atoms with Crippen LogP contribution < -0.4 is 0 Å². The summed E-state index contributed by atoms with van der Waals surface area (Å²) in [6.45, 7) is 0.